The molecule has 2 aliphatic rings. The van der Waals surface area contributed by atoms with Crippen molar-refractivity contribution >= 4 is 11.6 Å². The largest absolute Gasteiger partial charge is 0.332 e. The van der Waals surface area contributed by atoms with Crippen molar-refractivity contribution in [3.05, 3.63) is 17.2 Å². The third-order valence-corrected chi connectivity index (χ3v) is 3.36. The molecule has 3 nitrogen and oxygen atoms in total. The van der Waals surface area contributed by atoms with Crippen LogP contribution in [0.1, 0.15) is 37.4 Å². The molecule has 1 unspecified atom stereocenters. The molecule has 3 rings (SSSR count). The van der Waals surface area contributed by atoms with Gasteiger partial charge in [0.25, 0.3) is 0 Å². The fraction of sp³-hybridized carbons (Fsp3) is 0.700. The highest BCUT2D eigenvalue weighted by atomic mass is 35.5. The minimum atomic E-state index is 0.436. The average molecular weight is 212 g/mol. The summed E-state index contributed by atoms with van der Waals surface area (Å²) in [5.74, 6) is 0. The highest BCUT2D eigenvalue weighted by molar-refractivity contribution is 6.30. The van der Waals surface area contributed by atoms with Gasteiger partial charge in [-0.1, -0.05) is 11.6 Å². The highest BCUT2D eigenvalue weighted by Crippen LogP contribution is 2.33. The second-order valence-electron chi connectivity index (χ2n) is 4.25. The van der Waals surface area contributed by atoms with Crippen LogP contribution in [0, 0.1) is 0 Å². The van der Waals surface area contributed by atoms with Gasteiger partial charge in [-0.25, -0.2) is 4.98 Å². The number of imidazole rings is 1. The van der Waals surface area contributed by atoms with Crippen LogP contribution >= 0.6 is 11.6 Å². The van der Waals surface area contributed by atoms with Crippen molar-refractivity contribution < 1.29 is 0 Å². The Morgan fingerprint density at radius 1 is 1.43 bits per heavy atom. The number of hydrogen-bond acceptors (Lipinski definition) is 2. The number of fused-ring (bicyclic) bond motifs is 1. The molecule has 2 heterocycles. The molecule has 1 N–H and O–H groups in total. The fourth-order valence-corrected chi connectivity index (χ4v) is 2.47. The first-order valence-corrected chi connectivity index (χ1v) is 5.69. The summed E-state index contributed by atoms with van der Waals surface area (Å²) < 4.78 is 2.19. The van der Waals surface area contributed by atoms with Gasteiger partial charge in [-0.05, 0) is 25.7 Å². The van der Waals surface area contributed by atoms with Gasteiger partial charge in [0.05, 0.1) is 18.1 Å². The van der Waals surface area contributed by atoms with E-state index in [0.717, 1.165) is 12.6 Å². The van der Waals surface area contributed by atoms with Gasteiger partial charge >= 0.3 is 0 Å². The maximum absolute atomic E-state index is 6.08. The number of nitrogens with zero attached hydrogens (tertiary/aromatic N) is 2. The van der Waals surface area contributed by atoms with E-state index < -0.39 is 0 Å². The van der Waals surface area contributed by atoms with Gasteiger partial charge in [0.15, 0.2) is 5.15 Å². The first-order valence-electron chi connectivity index (χ1n) is 5.31. The Kier molecular flexibility index (Phi) is 2.03. The number of hydrogen-bond donors (Lipinski definition) is 1. The first kappa shape index (κ1) is 8.74. The number of aryl methyl sites for hydroxylation is 1. The quantitative estimate of drug-likeness (QED) is 0.812. The predicted molar refractivity (Wildman–Crippen MR) is 55.4 cm³/mol. The molecule has 76 valence electrons. The second-order valence-corrected chi connectivity index (χ2v) is 4.61. The van der Waals surface area contributed by atoms with Crippen molar-refractivity contribution in [3.8, 4) is 0 Å². The van der Waals surface area contributed by atoms with E-state index in [1.54, 1.807) is 0 Å². The van der Waals surface area contributed by atoms with Gasteiger partial charge in [0.2, 0.25) is 0 Å². The van der Waals surface area contributed by atoms with Crippen LogP contribution in [0.15, 0.2) is 6.33 Å². The zero-order valence-electron chi connectivity index (χ0n) is 8.04. The molecule has 1 atom stereocenters. The minimum Gasteiger partial charge on any atom is -0.332 e. The maximum atomic E-state index is 6.08. The lowest BCUT2D eigenvalue weighted by Crippen LogP contribution is -2.29. The summed E-state index contributed by atoms with van der Waals surface area (Å²) in [6.07, 6.45) is 6.93. The van der Waals surface area contributed by atoms with Gasteiger partial charge in [0, 0.05) is 12.6 Å². The Hall–Kier alpha value is -0.540. The Bertz CT molecular complexity index is 343. The fourth-order valence-electron chi connectivity index (χ4n) is 2.19. The van der Waals surface area contributed by atoms with E-state index >= 15 is 0 Å². The number of halogens is 1. The molecule has 1 fully saturated rings. The van der Waals surface area contributed by atoms with Crippen molar-refractivity contribution in [2.45, 2.75) is 44.3 Å². The molecule has 0 spiro atoms. The Morgan fingerprint density at radius 3 is 3.07 bits per heavy atom. The van der Waals surface area contributed by atoms with Crippen molar-refractivity contribution in [1.29, 1.82) is 0 Å². The summed E-state index contributed by atoms with van der Waals surface area (Å²) in [6.45, 7) is 1.07. The molecule has 1 saturated carbocycles. The van der Waals surface area contributed by atoms with Crippen molar-refractivity contribution in [1.82, 2.24) is 14.9 Å². The van der Waals surface area contributed by atoms with E-state index in [2.05, 4.69) is 14.9 Å². The number of rotatable bonds is 2. The molecule has 1 aliphatic carbocycles. The summed E-state index contributed by atoms with van der Waals surface area (Å²) in [5, 5.41) is 4.31. The highest BCUT2D eigenvalue weighted by Gasteiger charge is 2.30. The zero-order chi connectivity index (χ0) is 9.54. The zero-order valence-corrected chi connectivity index (χ0v) is 8.80. The summed E-state index contributed by atoms with van der Waals surface area (Å²) in [7, 11) is 0. The van der Waals surface area contributed by atoms with Crippen LogP contribution in [0.2, 0.25) is 5.15 Å². The lowest BCUT2D eigenvalue weighted by atomic mass is 10.0. The Balaban J connectivity index is 1.88. The molecule has 1 aliphatic heterocycles. The van der Waals surface area contributed by atoms with Crippen LogP contribution in [0.3, 0.4) is 0 Å². The molecule has 4 heteroatoms. The molecule has 1 aromatic heterocycles. The third kappa shape index (κ3) is 1.44. The van der Waals surface area contributed by atoms with Gasteiger partial charge in [-0.3, -0.25) is 0 Å². The SMILES string of the molecule is Clc1ncn2c1C(NC1CC1)CCC2. The van der Waals surface area contributed by atoms with E-state index in [0.29, 0.717) is 11.2 Å². The number of nitrogens with one attached hydrogen (secondary N) is 1. The van der Waals surface area contributed by atoms with E-state index in [1.165, 1.54) is 31.4 Å². The molecule has 0 amide bonds. The molecule has 14 heavy (non-hydrogen) atoms. The standard InChI is InChI=1S/C10H14ClN3/c11-10-9-8(13-7-3-4-7)2-1-5-14(9)6-12-10/h6-8,13H,1-5H2. The van der Waals surface area contributed by atoms with Crippen molar-refractivity contribution in [3.63, 3.8) is 0 Å². The van der Waals surface area contributed by atoms with Gasteiger partial charge in [-0.15, -0.1) is 0 Å². The maximum Gasteiger partial charge on any atom is 0.151 e. The topological polar surface area (TPSA) is 29.9 Å². The van der Waals surface area contributed by atoms with Crippen LogP contribution in [0.25, 0.3) is 0 Å². The predicted octanol–water partition coefficient (Wildman–Crippen LogP) is 2.12. The third-order valence-electron chi connectivity index (χ3n) is 3.07. The normalized spacial score (nSPS) is 26.2. The van der Waals surface area contributed by atoms with Crippen LogP contribution in [0.4, 0.5) is 0 Å². The van der Waals surface area contributed by atoms with E-state index in [-0.39, 0.29) is 0 Å². The molecule has 0 saturated heterocycles. The van der Waals surface area contributed by atoms with E-state index in [4.69, 9.17) is 11.6 Å². The lowest BCUT2D eigenvalue weighted by molar-refractivity contribution is 0.394. The smallest absolute Gasteiger partial charge is 0.151 e. The van der Waals surface area contributed by atoms with E-state index in [9.17, 15) is 0 Å². The molecule has 1 aromatic rings. The Labute approximate surface area is 88.5 Å². The average Bonchev–Trinajstić information content (AvgIpc) is 2.91. The minimum absolute atomic E-state index is 0.436. The summed E-state index contributed by atoms with van der Waals surface area (Å²) in [4.78, 5) is 4.16. The number of aromatic nitrogens is 2. The van der Waals surface area contributed by atoms with Gasteiger partial charge in [-0.2, -0.15) is 0 Å². The van der Waals surface area contributed by atoms with Crippen LogP contribution in [-0.2, 0) is 6.54 Å². The summed E-state index contributed by atoms with van der Waals surface area (Å²) in [6, 6.07) is 1.17. The van der Waals surface area contributed by atoms with Gasteiger partial charge in [0.1, 0.15) is 0 Å². The first-order chi connectivity index (χ1) is 6.84. The van der Waals surface area contributed by atoms with Crippen molar-refractivity contribution in [2.75, 3.05) is 0 Å². The molecular weight excluding hydrogens is 198 g/mol. The van der Waals surface area contributed by atoms with Crippen LogP contribution in [0.5, 0.6) is 0 Å². The van der Waals surface area contributed by atoms with Crippen LogP contribution < -0.4 is 5.32 Å². The Morgan fingerprint density at radius 2 is 2.29 bits per heavy atom. The van der Waals surface area contributed by atoms with E-state index in [1.807, 2.05) is 6.33 Å². The van der Waals surface area contributed by atoms with Crippen molar-refractivity contribution in [2.24, 2.45) is 0 Å². The summed E-state index contributed by atoms with van der Waals surface area (Å²) >= 11 is 6.08. The lowest BCUT2D eigenvalue weighted by Gasteiger charge is -2.25. The molecular formula is C10H14ClN3. The molecule has 0 aromatic carbocycles. The van der Waals surface area contributed by atoms with Crippen LogP contribution in [-0.4, -0.2) is 15.6 Å². The molecule has 0 radical (unpaired) electrons. The summed E-state index contributed by atoms with van der Waals surface area (Å²) in [5.41, 5.74) is 1.20. The molecule has 0 bridgehead atoms. The monoisotopic (exact) mass is 211 g/mol. The van der Waals surface area contributed by atoms with Gasteiger partial charge < -0.3 is 9.88 Å². The second kappa shape index (κ2) is 3.24.